The summed E-state index contributed by atoms with van der Waals surface area (Å²) in [5.41, 5.74) is 1.82. The third-order valence-electron chi connectivity index (χ3n) is 5.10. The highest BCUT2D eigenvalue weighted by Gasteiger charge is 2.43. The Kier molecular flexibility index (Phi) is 6.99. The Hall–Kier alpha value is -0.980. The highest BCUT2D eigenvalue weighted by Crippen LogP contribution is 2.47. The number of rotatable bonds is 5. The number of nitrogens with one attached hydrogen (secondary N) is 2. The molecule has 0 bridgehead atoms. The largest absolute Gasteiger partial charge is 0.385 e. The molecule has 0 atom stereocenters. The highest BCUT2D eigenvalue weighted by atomic mass is 127. The Bertz CT molecular complexity index is 499. The Morgan fingerprint density at radius 1 is 1.17 bits per heavy atom. The van der Waals surface area contributed by atoms with E-state index in [0.717, 1.165) is 25.5 Å². The number of likely N-dealkylation sites (tertiary alicyclic amines) is 1. The van der Waals surface area contributed by atoms with E-state index in [1.54, 1.807) is 0 Å². The SMILES string of the molecule is CN=C(NCCCNc1ccccc1)N1CCC2(CCC2)C1.I. The molecule has 0 radical (unpaired) electrons. The smallest absolute Gasteiger partial charge is 0.193 e. The van der Waals surface area contributed by atoms with Crippen LogP contribution in [0.1, 0.15) is 32.1 Å². The molecule has 1 aliphatic heterocycles. The Labute approximate surface area is 157 Å². The van der Waals surface area contributed by atoms with Gasteiger partial charge in [0.15, 0.2) is 5.96 Å². The van der Waals surface area contributed by atoms with Crippen molar-refractivity contribution in [3.63, 3.8) is 0 Å². The number of nitrogens with zero attached hydrogens (tertiary/aromatic N) is 2. The normalized spacial score (nSPS) is 19.2. The van der Waals surface area contributed by atoms with Crippen LogP contribution in [0.15, 0.2) is 35.3 Å². The van der Waals surface area contributed by atoms with E-state index in [1.165, 1.54) is 44.5 Å². The fourth-order valence-electron chi connectivity index (χ4n) is 3.61. The molecule has 1 heterocycles. The molecule has 0 aromatic heterocycles. The standard InChI is InChI=1S/C18H28N4.HI/c1-19-17(22-14-11-18(15-22)9-5-10-18)21-13-6-12-20-16-7-3-2-4-8-16;/h2-4,7-8,20H,5-6,9-15H2,1H3,(H,19,21);1H. The maximum atomic E-state index is 4.46. The van der Waals surface area contributed by atoms with Crippen LogP contribution in [0.5, 0.6) is 0 Å². The van der Waals surface area contributed by atoms with Gasteiger partial charge in [-0.25, -0.2) is 0 Å². The van der Waals surface area contributed by atoms with Crippen molar-refractivity contribution in [2.24, 2.45) is 10.4 Å². The molecular formula is C18H29IN4. The van der Waals surface area contributed by atoms with Crippen molar-refractivity contribution < 1.29 is 0 Å². The molecule has 1 aliphatic carbocycles. The molecular weight excluding hydrogens is 399 g/mol. The zero-order chi connectivity index (χ0) is 15.3. The number of para-hydroxylation sites is 1. The van der Waals surface area contributed by atoms with Gasteiger partial charge in [0, 0.05) is 38.9 Å². The van der Waals surface area contributed by atoms with E-state index in [2.05, 4.69) is 44.8 Å². The van der Waals surface area contributed by atoms with Crippen molar-refractivity contribution in [1.29, 1.82) is 0 Å². The summed E-state index contributed by atoms with van der Waals surface area (Å²) < 4.78 is 0. The van der Waals surface area contributed by atoms with Gasteiger partial charge in [-0.05, 0) is 43.2 Å². The summed E-state index contributed by atoms with van der Waals surface area (Å²) in [6, 6.07) is 10.4. The number of hydrogen-bond acceptors (Lipinski definition) is 2. The van der Waals surface area contributed by atoms with Gasteiger partial charge in [-0.3, -0.25) is 4.99 Å². The van der Waals surface area contributed by atoms with Crippen LogP contribution in [0.3, 0.4) is 0 Å². The lowest BCUT2D eigenvalue weighted by atomic mass is 9.68. The minimum Gasteiger partial charge on any atom is -0.385 e. The minimum atomic E-state index is 0. The first-order chi connectivity index (χ1) is 10.8. The molecule has 0 unspecified atom stereocenters. The summed E-state index contributed by atoms with van der Waals surface area (Å²) in [5.74, 6) is 1.09. The fraction of sp³-hybridized carbons (Fsp3) is 0.611. The predicted molar refractivity (Wildman–Crippen MR) is 109 cm³/mol. The van der Waals surface area contributed by atoms with Crippen molar-refractivity contribution in [3.8, 4) is 0 Å². The van der Waals surface area contributed by atoms with Gasteiger partial charge >= 0.3 is 0 Å². The van der Waals surface area contributed by atoms with Crippen LogP contribution in [0.2, 0.25) is 0 Å². The zero-order valence-corrected chi connectivity index (χ0v) is 16.4. The van der Waals surface area contributed by atoms with Gasteiger partial charge in [0.1, 0.15) is 0 Å². The van der Waals surface area contributed by atoms with Crippen LogP contribution in [0, 0.1) is 5.41 Å². The lowest BCUT2D eigenvalue weighted by molar-refractivity contribution is 0.151. The molecule has 1 saturated carbocycles. The molecule has 3 rings (SSSR count). The summed E-state index contributed by atoms with van der Waals surface area (Å²) in [4.78, 5) is 6.91. The lowest BCUT2D eigenvalue weighted by Crippen LogP contribution is -2.43. The van der Waals surface area contributed by atoms with Gasteiger partial charge in [-0.2, -0.15) is 0 Å². The second kappa shape index (κ2) is 8.76. The van der Waals surface area contributed by atoms with Crippen LogP contribution < -0.4 is 10.6 Å². The summed E-state index contributed by atoms with van der Waals surface area (Å²) in [7, 11) is 1.90. The van der Waals surface area contributed by atoms with E-state index in [-0.39, 0.29) is 24.0 Å². The van der Waals surface area contributed by atoms with Crippen LogP contribution in [-0.2, 0) is 0 Å². The van der Waals surface area contributed by atoms with Crippen molar-refractivity contribution >= 4 is 35.6 Å². The second-order valence-electron chi connectivity index (χ2n) is 6.65. The predicted octanol–water partition coefficient (Wildman–Crippen LogP) is 3.56. The van der Waals surface area contributed by atoms with Crippen molar-refractivity contribution in [1.82, 2.24) is 10.2 Å². The maximum Gasteiger partial charge on any atom is 0.193 e. The molecule has 4 nitrogen and oxygen atoms in total. The molecule has 5 heteroatoms. The molecule has 0 amide bonds. The second-order valence-corrected chi connectivity index (χ2v) is 6.65. The molecule has 128 valence electrons. The summed E-state index contributed by atoms with van der Waals surface area (Å²) in [5, 5.41) is 6.96. The highest BCUT2D eigenvalue weighted by molar-refractivity contribution is 14.0. The summed E-state index contributed by atoms with van der Waals surface area (Å²) >= 11 is 0. The molecule has 1 saturated heterocycles. The Morgan fingerprint density at radius 2 is 1.96 bits per heavy atom. The first-order valence-electron chi connectivity index (χ1n) is 8.56. The summed E-state index contributed by atoms with van der Waals surface area (Å²) in [6.45, 7) is 4.32. The van der Waals surface area contributed by atoms with Gasteiger partial charge in [-0.1, -0.05) is 24.6 Å². The topological polar surface area (TPSA) is 39.7 Å². The van der Waals surface area contributed by atoms with Crippen LogP contribution in [0.25, 0.3) is 0 Å². The van der Waals surface area contributed by atoms with E-state index in [1.807, 2.05) is 13.1 Å². The number of hydrogen-bond donors (Lipinski definition) is 2. The first kappa shape index (κ1) is 18.4. The third-order valence-corrected chi connectivity index (χ3v) is 5.10. The van der Waals surface area contributed by atoms with Gasteiger partial charge in [-0.15, -0.1) is 24.0 Å². The lowest BCUT2D eigenvalue weighted by Gasteiger charge is -2.38. The molecule has 1 spiro atoms. The van der Waals surface area contributed by atoms with Gasteiger partial charge in [0.05, 0.1) is 0 Å². The summed E-state index contributed by atoms with van der Waals surface area (Å²) in [6.07, 6.45) is 6.70. The van der Waals surface area contributed by atoms with E-state index in [9.17, 15) is 0 Å². The monoisotopic (exact) mass is 428 g/mol. The first-order valence-corrected chi connectivity index (χ1v) is 8.56. The van der Waals surface area contributed by atoms with Crippen LogP contribution >= 0.6 is 24.0 Å². The Balaban J connectivity index is 0.00000192. The van der Waals surface area contributed by atoms with Crippen LogP contribution in [0.4, 0.5) is 5.69 Å². The number of halogens is 1. The molecule has 2 fully saturated rings. The Morgan fingerprint density at radius 3 is 2.57 bits per heavy atom. The van der Waals surface area contributed by atoms with E-state index >= 15 is 0 Å². The van der Waals surface area contributed by atoms with Crippen LogP contribution in [-0.4, -0.2) is 44.1 Å². The zero-order valence-electron chi connectivity index (χ0n) is 14.1. The van der Waals surface area contributed by atoms with Crippen molar-refractivity contribution in [2.75, 3.05) is 38.5 Å². The quantitative estimate of drug-likeness (QED) is 0.326. The van der Waals surface area contributed by atoms with Gasteiger partial charge in [0.2, 0.25) is 0 Å². The molecule has 2 N–H and O–H groups in total. The third kappa shape index (κ3) is 4.75. The van der Waals surface area contributed by atoms with E-state index in [4.69, 9.17) is 0 Å². The van der Waals surface area contributed by atoms with E-state index in [0.29, 0.717) is 5.41 Å². The minimum absolute atomic E-state index is 0. The fourth-order valence-corrected chi connectivity index (χ4v) is 3.61. The maximum absolute atomic E-state index is 4.46. The number of anilines is 1. The van der Waals surface area contributed by atoms with E-state index < -0.39 is 0 Å². The van der Waals surface area contributed by atoms with Crippen molar-refractivity contribution in [2.45, 2.75) is 32.1 Å². The molecule has 1 aromatic rings. The molecule has 1 aromatic carbocycles. The number of benzene rings is 1. The average Bonchev–Trinajstić information content (AvgIpc) is 2.97. The number of guanidine groups is 1. The molecule has 2 aliphatic rings. The van der Waals surface area contributed by atoms with Gasteiger partial charge in [0.25, 0.3) is 0 Å². The number of aliphatic imine (C=N–C) groups is 1. The van der Waals surface area contributed by atoms with Gasteiger partial charge < -0.3 is 15.5 Å². The average molecular weight is 428 g/mol. The van der Waals surface area contributed by atoms with Crippen molar-refractivity contribution in [3.05, 3.63) is 30.3 Å². The molecule has 23 heavy (non-hydrogen) atoms.